The summed E-state index contributed by atoms with van der Waals surface area (Å²) in [6.45, 7) is 10.1. The number of likely N-dealkylation sites (tertiary alicyclic amines) is 1. The number of hydroxylamine groups is 2. The third kappa shape index (κ3) is 6.86. The van der Waals surface area contributed by atoms with E-state index < -0.39 is 9.58 Å². The first kappa shape index (κ1) is 24.8. The molecule has 2 aliphatic rings. The molecule has 0 aromatic heterocycles. The molecule has 5 nitrogen and oxygen atoms in total. The van der Waals surface area contributed by atoms with Crippen LogP contribution >= 0.6 is 60.5 Å². The highest BCUT2D eigenvalue weighted by molar-refractivity contribution is 14.1. The average molecular weight is 509 g/mol. The predicted octanol–water partition coefficient (Wildman–Crippen LogP) is 3.86. The highest BCUT2D eigenvalue weighted by atomic mass is 127. The Balaban J connectivity index is 0.000000773. The molecule has 0 aromatic rings. The van der Waals surface area contributed by atoms with E-state index in [2.05, 4.69) is 74.3 Å². The average Bonchev–Trinajstić information content (AvgIpc) is 2.70. The van der Waals surface area contributed by atoms with Gasteiger partial charge in [-0.2, -0.15) is 17.7 Å². The van der Waals surface area contributed by atoms with Gasteiger partial charge >= 0.3 is 0 Å². The van der Waals surface area contributed by atoms with Crippen molar-refractivity contribution in [2.45, 2.75) is 73.4 Å². The maximum absolute atomic E-state index is 12.0. The van der Waals surface area contributed by atoms with Gasteiger partial charge in [0, 0.05) is 28.7 Å². The standard InChI is InChI=1S/C10H16N2O3S3.C3H7I.C2H6/c1-5-2-7(13)11(9(5)14)6-3-8(16)12(15)10(17,18)4-6;1-3(2)4;1-2/h5-6,8,15-18H,2-4H2,1H3;3H,1-2H3;1-2H3. The molecular formula is C15H29IN2O3S3. The number of carbonyl (C=O) groups is 2. The summed E-state index contributed by atoms with van der Waals surface area (Å²) in [5.41, 5.74) is 0. The second-order valence-electron chi connectivity index (χ2n) is 5.91. The molecule has 3 atom stereocenters. The van der Waals surface area contributed by atoms with Gasteiger partial charge in [-0.05, 0) is 6.42 Å². The fraction of sp³-hybridized carbons (Fsp3) is 0.867. The lowest BCUT2D eigenvalue weighted by atomic mass is 10.0. The first-order chi connectivity index (χ1) is 11.0. The first-order valence-corrected chi connectivity index (χ1v) is 10.7. The van der Waals surface area contributed by atoms with E-state index in [1.54, 1.807) is 6.92 Å². The Morgan fingerprint density at radius 2 is 1.75 bits per heavy atom. The lowest BCUT2D eigenvalue weighted by Gasteiger charge is -2.45. The molecule has 0 aliphatic carbocycles. The van der Waals surface area contributed by atoms with Crippen LogP contribution in [0.5, 0.6) is 0 Å². The Bertz CT molecular complexity index is 435. The van der Waals surface area contributed by atoms with Crippen LogP contribution in [0.15, 0.2) is 0 Å². The van der Waals surface area contributed by atoms with Crippen molar-refractivity contribution in [2.24, 2.45) is 5.92 Å². The van der Waals surface area contributed by atoms with Crippen LogP contribution in [0.3, 0.4) is 0 Å². The largest absolute Gasteiger partial charge is 0.311 e. The zero-order chi connectivity index (χ0) is 19.2. The molecule has 2 saturated heterocycles. The van der Waals surface area contributed by atoms with Gasteiger partial charge in [-0.3, -0.25) is 14.5 Å². The van der Waals surface area contributed by atoms with Gasteiger partial charge in [0.25, 0.3) is 0 Å². The molecule has 142 valence electrons. The van der Waals surface area contributed by atoms with Crippen molar-refractivity contribution in [3.63, 3.8) is 0 Å². The summed E-state index contributed by atoms with van der Waals surface area (Å²) in [6, 6.07) is -0.309. The molecule has 1 N–H and O–H groups in total. The van der Waals surface area contributed by atoms with Crippen LogP contribution in [0.4, 0.5) is 0 Å². The fourth-order valence-electron chi connectivity index (χ4n) is 2.46. The molecule has 2 rings (SSSR count). The van der Waals surface area contributed by atoms with Gasteiger partial charge in [0.05, 0.1) is 5.37 Å². The monoisotopic (exact) mass is 508 g/mol. The minimum absolute atomic E-state index is 0.158. The molecule has 24 heavy (non-hydrogen) atoms. The molecule has 0 aromatic carbocycles. The van der Waals surface area contributed by atoms with Crippen LogP contribution in [-0.4, -0.2) is 46.5 Å². The summed E-state index contributed by atoms with van der Waals surface area (Å²) in [4.78, 5) is 25.1. The zero-order valence-corrected chi connectivity index (χ0v) is 19.6. The van der Waals surface area contributed by atoms with Gasteiger partial charge in [-0.1, -0.05) is 57.2 Å². The number of hydrogen-bond acceptors (Lipinski definition) is 7. The molecule has 2 fully saturated rings. The SMILES string of the molecule is CC.CC(C)I.CC1CC(=O)N(C2CC(S)N(O)C(S)(S)C2)C1=O. The third-order valence-corrected chi connectivity index (χ3v) is 4.62. The van der Waals surface area contributed by atoms with Crippen LogP contribution in [0, 0.1) is 5.92 Å². The Morgan fingerprint density at radius 1 is 1.29 bits per heavy atom. The van der Waals surface area contributed by atoms with Gasteiger partial charge in [0.2, 0.25) is 11.8 Å². The highest BCUT2D eigenvalue weighted by Crippen LogP contribution is 2.41. The zero-order valence-electron chi connectivity index (χ0n) is 14.8. The normalized spacial score (nSPS) is 29.8. The van der Waals surface area contributed by atoms with Crippen molar-refractivity contribution in [1.82, 2.24) is 9.96 Å². The van der Waals surface area contributed by atoms with Gasteiger partial charge in [0.1, 0.15) is 4.20 Å². The van der Waals surface area contributed by atoms with E-state index in [1.807, 2.05) is 13.8 Å². The quantitative estimate of drug-likeness (QED) is 0.143. The van der Waals surface area contributed by atoms with Crippen molar-refractivity contribution in [3.05, 3.63) is 0 Å². The number of imide groups is 1. The molecule has 9 heteroatoms. The third-order valence-electron chi connectivity index (χ3n) is 3.42. The number of carbonyl (C=O) groups excluding carboxylic acids is 2. The number of thiol groups is 3. The maximum Gasteiger partial charge on any atom is 0.232 e. The fourth-order valence-corrected chi connectivity index (χ4v) is 3.79. The van der Waals surface area contributed by atoms with Crippen LogP contribution in [0.2, 0.25) is 0 Å². The summed E-state index contributed by atoms with van der Waals surface area (Å²) < 4.78 is -0.292. The van der Waals surface area contributed by atoms with Crippen LogP contribution in [-0.2, 0) is 9.59 Å². The lowest BCUT2D eigenvalue weighted by molar-refractivity contribution is -0.160. The Labute approximate surface area is 175 Å². The summed E-state index contributed by atoms with van der Waals surface area (Å²) in [7, 11) is 0. The van der Waals surface area contributed by atoms with Crippen molar-refractivity contribution in [2.75, 3.05) is 0 Å². The van der Waals surface area contributed by atoms with Crippen molar-refractivity contribution < 1.29 is 14.8 Å². The molecular weight excluding hydrogens is 479 g/mol. The number of piperidine rings is 1. The van der Waals surface area contributed by atoms with Crippen LogP contribution in [0.1, 0.15) is 53.9 Å². The summed E-state index contributed by atoms with van der Waals surface area (Å²) in [5, 5.41) is 10.2. The summed E-state index contributed by atoms with van der Waals surface area (Å²) >= 11 is 15.1. The van der Waals surface area contributed by atoms with E-state index in [1.165, 1.54) is 4.90 Å². The summed E-state index contributed by atoms with van der Waals surface area (Å²) in [6.07, 6.45) is 0.964. The second-order valence-corrected chi connectivity index (χ2v) is 10.8. The topological polar surface area (TPSA) is 60.9 Å². The summed E-state index contributed by atoms with van der Waals surface area (Å²) in [5.74, 6) is -0.589. The number of alkyl halides is 1. The smallest absolute Gasteiger partial charge is 0.232 e. The van der Waals surface area contributed by atoms with Crippen molar-refractivity contribution in [3.8, 4) is 0 Å². The van der Waals surface area contributed by atoms with E-state index in [0.29, 0.717) is 12.8 Å². The Morgan fingerprint density at radius 3 is 2.08 bits per heavy atom. The molecule has 2 amide bonds. The number of hydrogen-bond donors (Lipinski definition) is 4. The molecule has 0 bridgehead atoms. The maximum atomic E-state index is 12.0. The van der Waals surface area contributed by atoms with E-state index in [-0.39, 0.29) is 30.2 Å². The number of amides is 2. The Kier molecular flexibility index (Phi) is 11.2. The molecule has 2 aliphatic heterocycles. The predicted molar refractivity (Wildman–Crippen MR) is 116 cm³/mol. The van der Waals surface area contributed by atoms with Gasteiger partial charge in [0.15, 0.2) is 0 Å². The van der Waals surface area contributed by atoms with Crippen LogP contribution < -0.4 is 0 Å². The lowest BCUT2D eigenvalue weighted by Crippen LogP contribution is -2.56. The first-order valence-electron chi connectivity index (χ1n) is 8.08. The molecule has 2 heterocycles. The second kappa shape index (κ2) is 10.9. The minimum Gasteiger partial charge on any atom is -0.311 e. The molecule has 0 saturated carbocycles. The van der Waals surface area contributed by atoms with Gasteiger partial charge in [-0.25, -0.2) is 0 Å². The Hall–Kier alpha value is 0.840. The van der Waals surface area contributed by atoms with Gasteiger partial charge in [-0.15, -0.1) is 25.3 Å². The van der Waals surface area contributed by atoms with E-state index in [9.17, 15) is 14.8 Å². The molecule has 3 unspecified atom stereocenters. The van der Waals surface area contributed by atoms with E-state index >= 15 is 0 Å². The molecule has 0 radical (unpaired) electrons. The minimum atomic E-state index is -1.10. The van der Waals surface area contributed by atoms with Crippen LogP contribution in [0.25, 0.3) is 0 Å². The number of nitrogens with zero attached hydrogens (tertiary/aromatic N) is 2. The number of rotatable bonds is 1. The van der Waals surface area contributed by atoms with Crippen molar-refractivity contribution >= 4 is 72.3 Å². The van der Waals surface area contributed by atoms with Gasteiger partial charge < -0.3 is 5.21 Å². The molecule has 0 spiro atoms. The number of halogens is 1. The van der Waals surface area contributed by atoms with Crippen molar-refractivity contribution in [1.29, 1.82) is 0 Å². The van der Waals surface area contributed by atoms with E-state index in [0.717, 1.165) is 8.99 Å². The van der Waals surface area contributed by atoms with E-state index in [4.69, 9.17) is 0 Å². The highest BCUT2D eigenvalue weighted by Gasteiger charge is 2.48.